The predicted molar refractivity (Wildman–Crippen MR) is 96.0 cm³/mol. The number of carbonyl (C=O) groups is 1. The number of methoxy groups -OCH3 is 1. The summed E-state index contributed by atoms with van der Waals surface area (Å²) in [4.78, 5) is 15.8. The van der Waals surface area contributed by atoms with E-state index in [2.05, 4.69) is 10.3 Å². The van der Waals surface area contributed by atoms with E-state index in [-0.39, 0.29) is 11.5 Å². The Morgan fingerprint density at radius 2 is 1.88 bits per heavy atom. The molecule has 0 aliphatic heterocycles. The molecule has 0 fully saturated rings. The Morgan fingerprint density at radius 1 is 1.16 bits per heavy atom. The van der Waals surface area contributed by atoms with Crippen LogP contribution in [0.3, 0.4) is 0 Å². The van der Waals surface area contributed by atoms with Gasteiger partial charge < -0.3 is 25.7 Å². The van der Waals surface area contributed by atoms with E-state index in [0.717, 1.165) is 0 Å². The lowest BCUT2D eigenvalue weighted by molar-refractivity contribution is 0.0635. The average Bonchev–Trinajstić information content (AvgIpc) is 2.51. The molecule has 2 rings (SSSR count). The highest BCUT2D eigenvalue weighted by molar-refractivity contribution is 5.87. The second kappa shape index (κ2) is 7.16. The van der Waals surface area contributed by atoms with Crippen LogP contribution in [0.1, 0.15) is 20.8 Å². The molecule has 1 amide bonds. The molecule has 0 saturated heterocycles. The molecule has 5 N–H and O–H groups in total. The molecule has 1 aromatic heterocycles. The van der Waals surface area contributed by atoms with Crippen molar-refractivity contribution >= 4 is 23.3 Å². The van der Waals surface area contributed by atoms with Crippen LogP contribution >= 0.6 is 0 Å². The first-order valence-electron chi connectivity index (χ1n) is 7.55. The topological polar surface area (TPSA) is 122 Å². The smallest absolute Gasteiger partial charge is 0.412 e. The molecule has 0 aliphatic rings. The minimum atomic E-state index is -0.598. The number of hydrogen-bond acceptors (Lipinski definition) is 7. The quantitative estimate of drug-likeness (QED) is 0.775. The van der Waals surface area contributed by atoms with Crippen LogP contribution in [0.2, 0.25) is 0 Å². The normalized spacial score (nSPS) is 10.9. The van der Waals surface area contributed by atoms with E-state index >= 15 is 0 Å². The third kappa shape index (κ3) is 4.90. The lowest BCUT2D eigenvalue weighted by atomic mass is 10.2. The maximum atomic E-state index is 11.9. The summed E-state index contributed by atoms with van der Waals surface area (Å²) < 4.78 is 16.2. The van der Waals surface area contributed by atoms with Gasteiger partial charge in [-0.2, -0.15) is 0 Å². The van der Waals surface area contributed by atoms with Crippen LogP contribution in [0, 0.1) is 0 Å². The van der Waals surface area contributed by atoms with Gasteiger partial charge in [-0.15, -0.1) is 0 Å². The molecule has 8 nitrogen and oxygen atoms in total. The summed E-state index contributed by atoms with van der Waals surface area (Å²) in [6.07, 6.45) is 0.919. The Morgan fingerprint density at radius 3 is 2.52 bits per heavy atom. The maximum Gasteiger partial charge on any atom is 0.412 e. The molecule has 0 atom stereocenters. The van der Waals surface area contributed by atoms with Crippen LogP contribution in [0.15, 0.2) is 30.5 Å². The number of hydrogen-bond donors (Lipinski definition) is 3. The summed E-state index contributed by atoms with van der Waals surface area (Å²) in [6.45, 7) is 5.35. The van der Waals surface area contributed by atoms with E-state index in [9.17, 15) is 4.79 Å². The number of nitrogens with zero attached hydrogens (tertiary/aromatic N) is 1. The Bertz CT molecular complexity index is 772. The fraction of sp³-hybridized carbons (Fsp3) is 0.294. The Kier molecular flexibility index (Phi) is 5.21. The van der Waals surface area contributed by atoms with Gasteiger partial charge in [0.2, 0.25) is 0 Å². The standard InChI is InChI=1S/C17H22N4O4/c1-17(2,3)25-16(22)21-11-6-5-10(9-13(11)23-4)24-12-7-8-20-15(19)14(12)18/h5-9H,18H2,1-4H3,(H2,19,20)(H,21,22). The summed E-state index contributed by atoms with van der Waals surface area (Å²) >= 11 is 0. The number of aromatic nitrogens is 1. The van der Waals surface area contributed by atoms with Crippen molar-refractivity contribution in [1.82, 2.24) is 4.98 Å². The maximum absolute atomic E-state index is 11.9. The number of ether oxygens (including phenoxy) is 3. The zero-order valence-corrected chi connectivity index (χ0v) is 14.6. The number of benzene rings is 1. The van der Waals surface area contributed by atoms with Crippen molar-refractivity contribution in [3.8, 4) is 17.2 Å². The molecule has 2 aromatic rings. The molecule has 0 spiro atoms. The van der Waals surface area contributed by atoms with Gasteiger partial charge in [0.15, 0.2) is 5.75 Å². The average molecular weight is 346 g/mol. The van der Waals surface area contributed by atoms with Crippen LogP contribution in [-0.4, -0.2) is 23.8 Å². The van der Waals surface area contributed by atoms with Gasteiger partial charge in [-0.05, 0) is 32.9 Å². The van der Waals surface area contributed by atoms with Gasteiger partial charge in [0.25, 0.3) is 0 Å². The third-order valence-electron chi connectivity index (χ3n) is 3.02. The van der Waals surface area contributed by atoms with Crippen LogP contribution in [0.5, 0.6) is 17.2 Å². The van der Waals surface area contributed by atoms with E-state index in [1.54, 1.807) is 45.0 Å². The van der Waals surface area contributed by atoms with E-state index in [0.29, 0.717) is 22.9 Å². The van der Waals surface area contributed by atoms with Crippen LogP contribution in [0.25, 0.3) is 0 Å². The molecule has 8 heteroatoms. The minimum Gasteiger partial charge on any atom is -0.494 e. The number of rotatable bonds is 4. The molecule has 0 saturated carbocycles. The SMILES string of the molecule is COc1cc(Oc2ccnc(N)c2N)ccc1NC(=O)OC(C)(C)C. The van der Waals surface area contributed by atoms with Crippen molar-refractivity contribution in [2.45, 2.75) is 26.4 Å². The van der Waals surface area contributed by atoms with Gasteiger partial charge in [0.05, 0.1) is 12.8 Å². The second-order valence-electron chi connectivity index (χ2n) is 6.20. The Labute approximate surface area is 146 Å². The second-order valence-corrected chi connectivity index (χ2v) is 6.20. The van der Waals surface area contributed by atoms with Gasteiger partial charge in [-0.1, -0.05) is 0 Å². The molecular weight excluding hydrogens is 324 g/mol. The first kappa shape index (κ1) is 18.2. The van der Waals surface area contributed by atoms with Crippen molar-refractivity contribution < 1.29 is 19.0 Å². The highest BCUT2D eigenvalue weighted by Gasteiger charge is 2.18. The van der Waals surface area contributed by atoms with E-state index in [1.165, 1.54) is 13.3 Å². The number of carbonyl (C=O) groups excluding carboxylic acids is 1. The van der Waals surface area contributed by atoms with E-state index in [4.69, 9.17) is 25.7 Å². The van der Waals surface area contributed by atoms with Gasteiger partial charge >= 0.3 is 6.09 Å². The van der Waals surface area contributed by atoms with Crippen molar-refractivity contribution in [3.63, 3.8) is 0 Å². The summed E-state index contributed by atoms with van der Waals surface area (Å²) in [5, 5.41) is 2.63. The first-order valence-corrected chi connectivity index (χ1v) is 7.55. The summed E-state index contributed by atoms with van der Waals surface area (Å²) in [6, 6.07) is 6.51. The van der Waals surface area contributed by atoms with Gasteiger partial charge in [-0.3, -0.25) is 5.32 Å². The number of nitrogen functional groups attached to an aromatic ring is 2. The molecule has 0 aliphatic carbocycles. The van der Waals surface area contributed by atoms with E-state index < -0.39 is 11.7 Å². The monoisotopic (exact) mass is 346 g/mol. The summed E-state index contributed by atoms with van der Waals surface area (Å²) in [5.41, 5.74) is 11.6. The summed E-state index contributed by atoms with van der Waals surface area (Å²) in [5.74, 6) is 1.43. The number of nitrogens with two attached hydrogens (primary N) is 2. The van der Waals surface area contributed by atoms with Crippen LogP contribution in [0.4, 0.5) is 22.0 Å². The molecule has 0 radical (unpaired) electrons. The molecule has 25 heavy (non-hydrogen) atoms. The zero-order chi connectivity index (χ0) is 18.6. The van der Waals surface area contributed by atoms with Gasteiger partial charge in [-0.25, -0.2) is 9.78 Å². The Hall–Kier alpha value is -3.16. The van der Waals surface area contributed by atoms with Crippen LogP contribution < -0.4 is 26.3 Å². The highest BCUT2D eigenvalue weighted by atomic mass is 16.6. The summed E-state index contributed by atoms with van der Waals surface area (Å²) in [7, 11) is 1.48. The number of amides is 1. The fourth-order valence-corrected chi connectivity index (χ4v) is 1.94. The molecule has 1 aromatic carbocycles. The van der Waals surface area contributed by atoms with Crippen molar-refractivity contribution in [3.05, 3.63) is 30.5 Å². The lowest BCUT2D eigenvalue weighted by Crippen LogP contribution is -2.27. The first-order chi connectivity index (χ1) is 11.7. The van der Waals surface area contributed by atoms with Crippen LogP contribution in [-0.2, 0) is 4.74 Å². The van der Waals surface area contributed by atoms with Crippen molar-refractivity contribution in [2.75, 3.05) is 23.9 Å². The molecular formula is C17H22N4O4. The van der Waals surface area contributed by atoms with Gasteiger partial charge in [0, 0.05) is 18.3 Å². The number of pyridine rings is 1. The highest BCUT2D eigenvalue weighted by Crippen LogP contribution is 2.34. The van der Waals surface area contributed by atoms with Crippen molar-refractivity contribution in [2.24, 2.45) is 0 Å². The van der Waals surface area contributed by atoms with Gasteiger partial charge in [0.1, 0.15) is 28.6 Å². The zero-order valence-electron chi connectivity index (χ0n) is 14.6. The molecule has 0 unspecified atom stereocenters. The lowest BCUT2D eigenvalue weighted by Gasteiger charge is -2.20. The third-order valence-corrected chi connectivity index (χ3v) is 3.02. The fourth-order valence-electron chi connectivity index (χ4n) is 1.94. The largest absolute Gasteiger partial charge is 0.494 e. The molecule has 0 bridgehead atoms. The predicted octanol–water partition coefficient (Wildman–Crippen LogP) is 3.39. The number of anilines is 3. The Balaban J connectivity index is 2.19. The van der Waals surface area contributed by atoms with E-state index in [1.807, 2.05) is 0 Å². The number of nitrogens with one attached hydrogen (secondary N) is 1. The molecule has 134 valence electrons. The van der Waals surface area contributed by atoms with Crippen molar-refractivity contribution in [1.29, 1.82) is 0 Å². The molecule has 1 heterocycles. The minimum absolute atomic E-state index is 0.188.